The highest BCUT2D eigenvalue weighted by atomic mass is 35.5. The van der Waals surface area contributed by atoms with Gasteiger partial charge in [0.05, 0.1) is 15.6 Å². The number of nitrogens with one attached hydrogen (secondary N) is 1. The van der Waals surface area contributed by atoms with Gasteiger partial charge >= 0.3 is 5.97 Å². The second kappa shape index (κ2) is 8.98. The molecule has 0 radical (unpaired) electrons. The summed E-state index contributed by atoms with van der Waals surface area (Å²) < 4.78 is 5.13. The van der Waals surface area contributed by atoms with Crippen LogP contribution in [0.15, 0.2) is 24.3 Å². The first-order valence-electron chi connectivity index (χ1n) is 8.85. The summed E-state index contributed by atoms with van der Waals surface area (Å²) in [6.45, 7) is 1.44. The number of carbonyl (C=O) groups is 3. The van der Waals surface area contributed by atoms with Crippen LogP contribution in [0.25, 0.3) is 6.08 Å². The minimum Gasteiger partial charge on any atom is -0.449 e. The molecule has 9 heteroatoms. The number of nitrogens with two attached hydrogens (primary N) is 1. The summed E-state index contributed by atoms with van der Waals surface area (Å²) in [5, 5.41) is 3.73. The summed E-state index contributed by atoms with van der Waals surface area (Å²) in [6.07, 6.45) is 4.14. The van der Waals surface area contributed by atoms with Crippen LogP contribution in [0.1, 0.15) is 39.7 Å². The van der Waals surface area contributed by atoms with E-state index in [9.17, 15) is 14.4 Å². The summed E-state index contributed by atoms with van der Waals surface area (Å²) in [4.78, 5) is 37.3. The van der Waals surface area contributed by atoms with Crippen molar-refractivity contribution in [1.29, 1.82) is 0 Å². The maximum Gasteiger partial charge on any atom is 0.331 e. The van der Waals surface area contributed by atoms with Crippen molar-refractivity contribution in [2.45, 2.75) is 32.3 Å². The molecule has 0 bridgehead atoms. The molecular weight excluding hydrogens is 435 g/mol. The van der Waals surface area contributed by atoms with Gasteiger partial charge in [0.1, 0.15) is 5.00 Å². The number of fused-ring (bicyclic) bond motifs is 1. The SMILES string of the molecule is CC(OC(=O)/C=C/c1cccc(Cl)c1Cl)C(=O)Nc1sc2c(c1C(N)=O)CCC2. The number of aryl methyl sites for hydroxylation is 1. The number of esters is 1. The molecule has 3 rings (SSSR count). The van der Waals surface area contributed by atoms with E-state index < -0.39 is 23.9 Å². The van der Waals surface area contributed by atoms with E-state index in [-0.39, 0.29) is 0 Å². The van der Waals surface area contributed by atoms with Gasteiger partial charge in [-0.2, -0.15) is 0 Å². The third kappa shape index (κ3) is 4.80. The van der Waals surface area contributed by atoms with Gasteiger partial charge in [-0.15, -0.1) is 11.3 Å². The Balaban J connectivity index is 1.64. The van der Waals surface area contributed by atoms with Crippen LogP contribution in [0.2, 0.25) is 10.0 Å². The second-order valence-electron chi connectivity index (χ2n) is 6.47. The van der Waals surface area contributed by atoms with E-state index in [4.69, 9.17) is 33.7 Å². The van der Waals surface area contributed by atoms with Crippen molar-refractivity contribution >= 4 is 63.4 Å². The number of halogens is 2. The fourth-order valence-electron chi connectivity index (χ4n) is 3.04. The van der Waals surface area contributed by atoms with Crippen LogP contribution in [0.3, 0.4) is 0 Å². The van der Waals surface area contributed by atoms with Crippen LogP contribution in [0, 0.1) is 0 Å². The summed E-state index contributed by atoms with van der Waals surface area (Å²) in [5.41, 5.74) is 7.29. The van der Waals surface area contributed by atoms with Gasteiger partial charge in [-0.05, 0) is 49.5 Å². The third-order valence-corrected chi connectivity index (χ3v) is 6.49. The Bertz CT molecular complexity index is 1020. The van der Waals surface area contributed by atoms with E-state index in [1.807, 2.05) is 0 Å². The molecule has 1 heterocycles. The number of ether oxygens (including phenoxy) is 1. The topological polar surface area (TPSA) is 98.5 Å². The highest BCUT2D eigenvalue weighted by Gasteiger charge is 2.27. The lowest BCUT2D eigenvalue weighted by Gasteiger charge is -2.12. The Morgan fingerprint density at radius 2 is 2.03 bits per heavy atom. The van der Waals surface area contributed by atoms with E-state index in [0.717, 1.165) is 35.8 Å². The molecule has 0 aliphatic heterocycles. The zero-order chi connectivity index (χ0) is 21.1. The lowest BCUT2D eigenvalue weighted by molar-refractivity contribution is -0.148. The quantitative estimate of drug-likeness (QED) is 0.505. The van der Waals surface area contributed by atoms with Gasteiger partial charge in [-0.3, -0.25) is 9.59 Å². The largest absolute Gasteiger partial charge is 0.449 e. The Morgan fingerprint density at radius 3 is 2.76 bits per heavy atom. The Hall–Kier alpha value is -2.35. The molecule has 6 nitrogen and oxygen atoms in total. The highest BCUT2D eigenvalue weighted by molar-refractivity contribution is 7.17. The van der Waals surface area contributed by atoms with Gasteiger partial charge < -0.3 is 15.8 Å². The molecule has 29 heavy (non-hydrogen) atoms. The number of hydrogen-bond donors (Lipinski definition) is 2. The van der Waals surface area contributed by atoms with Crippen LogP contribution in [-0.2, 0) is 27.2 Å². The van der Waals surface area contributed by atoms with E-state index in [1.54, 1.807) is 18.2 Å². The minimum atomic E-state index is -1.07. The number of thiophene rings is 1. The zero-order valence-corrected chi connectivity index (χ0v) is 17.8. The standard InChI is InChI=1S/C20H18Cl2N2O4S/c1-10(28-15(25)9-8-11-4-2-6-13(21)17(11)22)19(27)24-20-16(18(23)26)12-5-3-7-14(12)29-20/h2,4,6,8-10H,3,5,7H2,1H3,(H2,23,26)(H,24,27)/b9-8+. The minimum absolute atomic E-state index is 0.314. The van der Waals surface area contributed by atoms with Crippen molar-refractivity contribution in [2.75, 3.05) is 5.32 Å². The van der Waals surface area contributed by atoms with Gasteiger partial charge in [0.2, 0.25) is 0 Å². The molecule has 0 spiro atoms. The van der Waals surface area contributed by atoms with Crippen LogP contribution in [0.5, 0.6) is 0 Å². The predicted molar refractivity (Wildman–Crippen MR) is 115 cm³/mol. The van der Waals surface area contributed by atoms with Crippen LogP contribution < -0.4 is 11.1 Å². The zero-order valence-electron chi connectivity index (χ0n) is 15.5. The van der Waals surface area contributed by atoms with Gasteiger partial charge in [0.25, 0.3) is 11.8 Å². The molecule has 0 saturated carbocycles. The fourth-order valence-corrected chi connectivity index (χ4v) is 4.71. The number of primary amides is 1. The molecule has 1 aromatic carbocycles. The first-order chi connectivity index (χ1) is 13.8. The smallest absolute Gasteiger partial charge is 0.331 e. The summed E-state index contributed by atoms with van der Waals surface area (Å²) >= 11 is 13.3. The van der Waals surface area contributed by atoms with Gasteiger partial charge in [0, 0.05) is 11.0 Å². The number of benzene rings is 1. The number of amides is 2. The molecule has 1 aliphatic carbocycles. The maximum absolute atomic E-state index is 12.4. The first kappa shape index (κ1) is 21.4. The van der Waals surface area contributed by atoms with Crippen molar-refractivity contribution in [3.05, 3.63) is 55.9 Å². The molecule has 1 aromatic heterocycles. The van der Waals surface area contributed by atoms with Crippen LogP contribution in [0.4, 0.5) is 5.00 Å². The number of carbonyl (C=O) groups excluding carboxylic acids is 3. The van der Waals surface area contributed by atoms with Crippen LogP contribution in [-0.4, -0.2) is 23.9 Å². The molecule has 152 valence electrons. The summed E-state index contributed by atoms with van der Waals surface area (Å²) in [7, 11) is 0. The third-order valence-electron chi connectivity index (χ3n) is 4.45. The number of rotatable bonds is 6. The molecule has 2 amide bonds. The van der Waals surface area contributed by atoms with Gasteiger partial charge in [-0.1, -0.05) is 35.3 Å². The van der Waals surface area contributed by atoms with Crippen molar-refractivity contribution in [3.8, 4) is 0 Å². The molecule has 2 aromatic rings. The summed E-state index contributed by atoms with van der Waals surface area (Å²) in [6, 6.07) is 5.02. The van der Waals surface area contributed by atoms with E-state index in [2.05, 4.69) is 5.32 Å². The molecule has 0 saturated heterocycles. The van der Waals surface area contributed by atoms with E-state index in [0.29, 0.717) is 26.2 Å². The Kier molecular flexibility index (Phi) is 6.62. The Morgan fingerprint density at radius 1 is 1.28 bits per heavy atom. The second-order valence-corrected chi connectivity index (χ2v) is 8.36. The molecular formula is C20H18Cl2N2O4S. The van der Waals surface area contributed by atoms with Gasteiger partial charge in [0.15, 0.2) is 6.10 Å². The maximum atomic E-state index is 12.4. The summed E-state index contributed by atoms with van der Waals surface area (Å²) in [5.74, 6) is -1.84. The van der Waals surface area contributed by atoms with Gasteiger partial charge in [-0.25, -0.2) is 4.79 Å². The molecule has 1 aliphatic rings. The van der Waals surface area contributed by atoms with E-state index >= 15 is 0 Å². The van der Waals surface area contributed by atoms with Crippen molar-refractivity contribution in [2.24, 2.45) is 5.73 Å². The fraction of sp³-hybridized carbons (Fsp3) is 0.250. The average molecular weight is 453 g/mol. The monoisotopic (exact) mass is 452 g/mol. The predicted octanol–water partition coefficient (Wildman–Crippen LogP) is 4.23. The number of hydrogen-bond acceptors (Lipinski definition) is 5. The van der Waals surface area contributed by atoms with Crippen molar-refractivity contribution < 1.29 is 19.1 Å². The molecule has 1 unspecified atom stereocenters. The van der Waals surface area contributed by atoms with E-state index in [1.165, 1.54) is 24.3 Å². The van der Waals surface area contributed by atoms with Crippen molar-refractivity contribution in [3.63, 3.8) is 0 Å². The Labute approximate surface area is 181 Å². The average Bonchev–Trinajstić information content (AvgIpc) is 3.23. The number of anilines is 1. The normalized spacial score (nSPS) is 13.9. The van der Waals surface area contributed by atoms with Crippen molar-refractivity contribution in [1.82, 2.24) is 0 Å². The molecule has 3 N–H and O–H groups in total. The lowest BCUT2D eigenvalue weighted by Crippen LogP contribution is -2.30. The molecule has 1 atom stereocenters. The highest BCUT2D eigenvalue weighted by Crippen LogP contribution is 2.38. The lowest BCUT2D eigenvalue weighted by atomic mass is 10.1. The van der Waals surface area contributed by atoms with Crippen LogP contribution >= 0.6 is 34.5 Å². The molecule has 0 fully saturated rings. The first-order valence-corrected chi connectivity index (χ1v) is 10.4.